The summed E-state index contributed by atoms with van der Waals surface area (Å²) >= 11 is 0. The number of rotatable bonds is 5. The van der Waals surface area contributed by atoms with Gasteiger partial charge in [0, 0.05) is 25.6 Å². The molecule has 122 valence electrons. The smallest absolute Gasteiger partial charge is 0.240 e. The lowest BCUT2D eigenvalue weighted by molar-refractivity contribution is -0.132. The Morgan fingerprint density at radius 3 is 2.59 bits per heavy atom. The van der Waals surface area contributed by atoms with E-state index < -0.39 is 10.0 Å². The lowest BCUT2D eigenvalue weighted by Crippen LogP contribution is -2.46. The van der Waals surface area contributed by atoms with Crippen molar-refractivity contribution in [3.63, 3.8) is 0 Å². The van der Waals surface area contributed by atoms with Gasteiger partial charge in [-0.3, -0.25) is 4.79 Å². The summed E-state index contributed by atoms with van der Waals surface area (Å²) in [5.74, 6) is 0.169. The molecule has 22 heavy (non-hydrogen) atoms. The van der Waals surface area contributed by atoms with Crippen LogP contribution in [0.25, 0.3) is 0 Å². The molecule has 1 aromatic carbocycles. The monoisotopic (exact) mass is 324 g/mol. The minimum absolute atomic E-state index is 0.101. The number of aryl methyl sites for hydroxylation is 1. The van der Waals surface area contributed by atoms with E-state index in [2.05, 4.69) is 4.72 Å². The summed E-state index contributed by atoms with van der Waals surface area (Å²) in [4.78, 5) is 14.0. The van der Waals surface area contributed by atoms with Crippen LogP contribution >= 0.6 is 0 Å². The van der Waals surface area contributed by atoms with Crippen LogP contribution in [0.15, 0.2) is 29.2 Å². The molecule has 1 aliphatic rings. The Kier molecular flexibility index (Phi) is 5.58. The fourth-order valence-corrected chi connectivity index (χ4v) is 4.10. The first kappa shape index (κ1) is 17.0. The first-order chi connectivity index (χ1) is 10.4. The van der Waals surface area contributed by atoms with E-state index in [1.54, 1.807) is 18.2 Å². The number of hydrogen-bond acceptors (Lipinski definition) is 3. The van der Waals surface area contributed by atoms with Crippen LogP contribution in [-0.2, 0) is 14.8 Å². The molecule has 0 atom stereocenters. The second-order valence-corrected chi connectivity index (χ2v) is 7.56. The van der Waals surface area contributed by atoms with Crippen LogP contribution in [0.3, 0.4) is 0 Å². The van der Waals surface area contributed by atoms with Crippen molar-refractivity contribution in [2.24, 2.45) is 0 Å². The number of sulfonamides is 1. The van der Waals surface area contributed by atoms with Gasteiger partial charge in [-0.2, -0.15) is 0 Å². The quantitative estimate of drug-likeness (QED) is 0.901. The summed E-state index contributed by atoms with van der Waals surface area (Å²) in [6.07, 6.45) is 2.75. The van der Waals surface area contributed by atoms with E-state index in [4.69, 9.17) is 0 Å². The zero-order chi connectivity index (χ0) is 16.2. The van der Waals surface area contributed by atoms with Crippen molar-refractivity contribution in [3.8, 4) is 0 Å². The van der Waals surface area contributed by atoms with Gasteiger partial charge in [0.15, 0.2) is 0 Å². The summed E-state index contributed by atoms with van der Waals surface area (Å²) in [6, 6.07) is 6.79. The van der Waals surface area contributed by atoms with Crippen molar-refractivity contribution in [1.29, 1.82) is 0 Å². The van der Waals surface area contributed by atoms with Crippen LogP contribution in [0.4, 0.5) is 0 Å². The largest absolute Gasteiger partial charge is 0.343 e. The van der Waals surface area contributed by atoms with Gasteiger partial charge < -0.3 is 4.90 Å². The lowest BCUT2D eigenvalue weighted by atomic mass is 10.1. The first-order valence-electron chi connectivity index (χ1n) is 7.79. The zero-order valence-corrected chi connectivity index (χ0v) is 14.0. The number of piperidine rings is 1. The molecule has 1 heterocycles. The highest BCUT2D eigenvalue weighted by molar-refractivity contribution is 7.89. The molecule has 0 saturated carbocycles. The van der Waals surface area contributed by atoms with E-state index in [1.165, 1.54) is 0 Å². The Morgan fingerprint density at radius 2 is 2.00 bits per heavy atom. The van der Waals surface area contributed by atoms with Gasteiger partial charge >= 0.3 is 0 Å². The van der Waals surface area contributed by atoms with Gasteiger partial charge in [-0.1, -0.05) is 19.1 Å². The number of carbonyl (C=O) groups excluding carboxylic acids is 1. The molecule has 5 nitrogen and oxygen atoms in total. The van der Waals surface area contributed by atoms with Crippen LogP contribution < -0.4 is 4.72 Å². The first-order valence-corrected chi connectivity index (χ1v) is 9.27. The van der Waals surface area contributed by atoms with E-state index in [-0.39, 0.29) is 11.9 Å². The average molecular weight is 324 g/mol. The number of hydrogen-bond donors (Lipinski definition) is 1. The number of amides is 1. The minimum Gasteiger partial charge on any atom is -0.343 e. The van der Waals surface area contributed by atoms with Gasteiger partial charge in [-0.05, 0) is 43.9 Å². The van der Waals surface area contributed by atoms with Crippen LogP contribution in [0, 0.1) is 6.92 Å². The Morgan fingerprint density at radius 1 is 1.32 bits per heavy atom. The Balaban J connectivity index is 1.94. The van der Waals surface area contributed by atoms with Crippen molar-refractivity contribution >= 4 is 15.9 Å². The molecule has 6 heteroatoms. The third kappa shape index (κ3) is 4.30. The average Bonchev–Trinajstić information content (AvgIpc) is 2.48. The van der Waals surface area contributed by atoms with Crippen LogP contribution in [-0.4, -0.2) is 38.4 Å². The second-order valence-electron chi connectivity index (χ2n) is 5.84. The molecule has 0 unspecified atom stereocenters. The number of nitrogens with one attached hydrogen (secondary N) is 1. The summed E-state index contributed by atoms with van der Waals surface area (Å²) in [6.45, 7) is 5.11. The maximum atomic E-state index is 12.4. The van der Waals surface area contributed by atoms with Crippen molar-refractivity contribution in [2.45, 2.75) is 50.5 Å². The molecular formula is C16H24N2O3S. The molecule has 1 saturated heterocycles. The van der Waals surface area contributed by atoms with E-state index >= 15 is 0 Å². The number of nitrogens with zero attached hydrogens (tertiary/aromatic N) is 1. The van der Waals surface area contributed by atoms with Gasteiger partial charge in [0.2, 0.25) is 15.9 Å². The summed E-state index contributed by atoms with van der Waals surface area (Å²) < 4.78 is 27.5. The highest BCUT2D eigenvalue weighted by Gasteiger charge is 2.26. The predicted molar refractivity (Wildman–Crippen MR) is 86.0 cm³/mol. The highest BCUT2D eigenvalue weighted by atomic mass is 32.2. The second kappa shape index (κ2) is 7.24. The topological polar surface area (TPSA) is 66.5 Å². The maximum Gasteiger partial charge on any atom is 0.240 e. The third-order valence-electron chi connectivity index (χ3n) is 3.93. The molecular weight excluding hydrogens is 300 g/mol. The van der Waals surface area contributed by atoms with Crippen LogP contribution in [0.1, 0.15) is 38.2 Å². The number of benzene rings is 1. The summed E-state index contributed by atoms with van der Waals surface area (Å²) in [5, 5.41) is 0. The third-order valence-corrected chi connectivity index (χ3v) is 5.45. The molecule has 0 aliphatic carbocycles. The summed E-state index contributed by atoms with van der Waals surface area (Å²) in [7, 11) is -3.48. The number of carbonyl (C=O) groups is 1. The Hall–Kier alpha value is -1.40. The molecule has 0 bridgehead atoms. The zero-order valence-electron chi connectivity index (χ0n) is 13.2. The van der Waals surface area contributed by atoms with Crippen LogP contribution in [0.5, 0.6) is 0 Å². The van der Waals surface area contributed by atoms with E-state index in [1.807, 2.05) is 24.8 Å². The Labute approximate surface area is 132 Å². The normalized spacial score (nSPS) is 16.7. The fourth-order valence-electron chi connectivity index (χ4n) is 2.69. The standard InChI is InChI=1S/C16H24N2O3S/c1-3-5-16(19)18-10-8-14(9-11-18)17-22(20,21)15-7-4-6-13(2)12-15/h4,6-7,12,14,17H,3,5,8-11H2,1-2H3. The maximum absolute atomic E-state index is 12.4. The van der Waals surface area contributed by atoms with Crippen molar-refractivity contribution in [3.05, 3.63) is 29.8 Å². The molecule has 1 amide bonds. The molecule has 1 aliphatic heterocycles. The fraction of sp³-hybridized carbons (Fsp3) is 0.562. The van der Waals surface area contributed by atoms with E-state index in [9.17, 15) is 13.2 Å². The van der Waals surface area contributed by atoms with Crippen molar-refractivity contribution in [1.82, 2.24) is 9.62 Å². The van der Waals surface area contributed by atoms with Crippen LogP contribution in [0.2, 0.25) is 0 Å². The van der Waals surface area contributed by atoms with Gasteiger partial charge in [0.1, 0.15) is 0 Å². The molecule has 1 fully saturated rings. The molecule has 1 aromatic rings. The number of likely N-dealkylation sites (tertiary alicyclic amines) is 1. The van der Waals surface area contributed by atoms with Gasteiger partial charge in [0.25, 0.3) is 0 Å². The Bertz CT molecular complexity index is 620. The van der Waals surface area contributed by atoms with Gasteiger partial charge in [-0.25, -0.2) is 13.1 Å². The predicted octanol–water partition coefficient (Wildman–Crippen LogP) is 2.06. The molecule has 2 rings (SSSR count). The van der Waals surface area contributed by atoms with Gasteiger partial charge in [0.05, 0.1) is 4.90 Å². The molecule has 1 N–H and O–H groups in total. The SMILES string of the molecule is CCCC(=O)N1CCC(NS(=O)(=O)c2cccc(C)c2)CC1. The van der Waals surface area contributed by atoms with Crippen molar-refractivity contribution in [2.75, 3.05) is 13.1 Å². The molecule has 0 spiro atoms. The molecule has 0 aromatic heterocycles. The van der Waals surface area contributed by atoms with Crippen molar-refractivity contribution < 1.29 is 13.2 Å². The minimum atomic E-state index is -3.48. The van der Waals surface area contributed by atoms with E-state index in [0.717, 1.165) is 12.0 Å². The van der Waals surface area contributed by atoms with E-state index in [0.29, 0.717) is 37.2 Å². The molecule has 0 radical (unpaired) electrons. The highest BCUT2D eigenvalue weighted by Crippen LogP contribution is 2.16. The summed E-state index contributed by atoms with van der Waals surface area (Å²) in [5.41, 5.74) is 0.919. The van der Waals surface area contributed by atoms with Gasteiger partial charge in [-0.15, -0.1) is 0 Å². The lowest BCUT2D eigenvalue weighted by Gasteiger charge is -2.32.